The van der Waals surface area contributed by atoms with Gasteiger partial charge in [0.25, 0.3) is 0 Å². The van der Waals surface area contributed by atoms with Crippen LogP contribution in [0.25, 0.3) is 0 Å². The summed E-state index contributed by atoms with van der Waals surface area (Å²) in [5, 5.41) is 0.252. The number of ether oxygens (including phenoxy) is 1. The molecule has 6 heteroatoms. The van der Waals surface area contributed by atoms with E-state index >= 15 is 4.39 Å². The summed E-state index contributed by atoms with van der Waals surface area (Å²) in [5.41, 5.74) is -1.26. The van der Waals surface area contributed by atoms with E-state index in [0.29, 0.717) is 0 Å². The van der Waals surface area contributed by atoms with Gasteiger partial charge in [-0.05, 0) is 44.5 Å². The van der Waals surface area contributed by atoms with E-state index in [0.717, 1.165) is 0 Å². The molecule has 0 aliphatic rings. The molecule has 0 bridgehead atoms. The van der Waals surface area contributed by atoms with Gasteiger partial charge >= 0.3 is 5.97 Å². The number of esters is 1. The topological polar surface area (TPSA) is 35.5 Å². The van der Waals surface area contributed by atoms with Crippen molar-refractivity contribution in [2.45, 2.75) is 53.3 Å². The average molecular weight is 361 g/mol. The minimum absolute atomic E-state index is 0.115. The van der Waals surface area contributed by atoms with Crippen molar-refractivity contribution in [2.24, 2.45) is 5.41 Å². The molecule has 0 radical (unpaired) electrons. The van der Waals surface area contributed by atoms with Crippen molar-refractivity contribution in [3.63, 3.8) is 0 Å². The van der Waals surface area contributed by atoms with Crippen LogP contribution in [-0.4, -0.2) is 21.6 Å². The third kappa shape index (κ3) is 4.14. The summed E-state index contributed by atoms with van der Waals surface area (Å²) in [7, 11) is -1.50. The number of carbonyl (C=O) groups is 1. The van der Waals surface area contributed by atoms with Crippen LogP contribution >= 0.6 is 11.6 Å². The highest BCUT2D eigenvalue weighted by atomic mass is 35.5. The summed E-state index contributed by atoms with van der Waals surface area (Å²) in [6, 6.07) is 2.89. The van der Waals surface area contributed by atoms with Gasteiger partial charge in [0.15, 0.2) is 9.04 Å². The number of benzene rings is 1. The van der Waals surface area contributed by atoms with Crippen molar-refractivity contribution >= 4 is 26.6 Å². The molecule has 0 saturated carbocycles. The lowest BCUT2D eigenvalue weighted by Gasteiger charge is -2.44. The zero-order chi connectivity index (χ0) is 18.0. The van der Waals surface area contributed by atoms with Crippen molar-refractivity contribution in [1.82, 2.24) is 0 Å². The molecule has 0 aliphatic heterocycles. The predicted molar refractivity (Wildman–Crippen MR) is 94.1 cm³/mol. The van der Waals surface area contributed by atoms with Crippen LogP contribution in [0.4, 0.5) is 4.39 Å². The summed E-state index contributed by atoms with van der Waals surface area (Å²) >= 11 is 6.30. The van der Waals surface area contributed by atoms with Gasteiger partial charge in [0.1, 0.15) is 5.82 Å². The van der Waals surface area contributed by atoms with Gasteiger partial charge in [-0.2, -0.15) is 0 Å². The average Bonchev–Trinajstić information content (AvgIpc) is 2.36. The Kier molecular flexibility index (Phi) is 6.41. The number of hydrogen-bond donors (Lipinski definition) is 0. The van der Waals surface area contributed by atoms with Crippen LogP contribution in [0.1, 0.15) is 50.5 Å². The molecule has 1 rings (SSSR count). The van der Waals surface area contributed by atoms with E-state index in [-0.39, 0.29) is 22.8 Å². The second-order valence-corrected chi connectivity index (χ2v) is 9.69. The molecule has 0 heterocycles. The molecule has 0 amide bonds. The molecule has 1 aromatic carbocycles. The smallest absolute Gasteiger partial charge is 0.341 e. The third-order valence-corrected chi connectivity index (χ3v) is 5.22. The third-order valence-electron chi connectivity index (χ3n) is 3.97. The van der Waals surface area contributed by atoms with Crippen molar-refractivity contribution < 1.29 is 18.3 Å². The summed E-state index contributed by atoms with van der Waals surface area (Å²) in [6.07, 6.45) is 0. The zero-order valence-corrected chi connectivity index (χ0v) is 16.8. The Morgan fingerprint density at radius 1 is 1.26 bits per heavy atom. The normalized spacial score (nSPS) is 14.7. The molecule has 0 fully saturated rings. The van der Waals surface area contributed by atoms with Crippen LogP contribution in [0.3, 0.4) is 0 Å². The lowest BCUT2D eigenvalue weighted by Crippen LogP contribution is -2.44. The van der Waals surface area contributed by atoms with Crippen LogP contribution in [0, 0.1) is 11.2 Å². The van der Waals surface area contributed by atoms with E-state index in [1.54, 1.807) is 6.92 Å². The Balaban J connectivity index is 3.60. The minimum Gasteiger partial charge on any atom is -0.462 e. The molecular formula is C17H26ClFO3Si. The molecule has 1 atom stereocenters. The van der Waals surface area contributed by atoms with E-state index in [2.05, 4.69) is 0 Å². The first-order valence-electron chi connectivity index (χ1n) is 7.79. The van der Waals surface area contributed by atoms with Crippen LogP contribution in [0.2, 0.25) is 18.1 Å². The second-order valence-electron chi connectivity index (χ2n) is 6.95. The number of carbonyl (C=O) groups excluding carboxylic acids is 1. The molecule has 0 aromatic heterocycles. The lowest BCUT2D eigenvalue weighted by atomic mass is 9.73. The number of rotatable bonds is 5. The Labute approximate surface area is 144 Å². The molecule has 0 saturated heterocycles. The lowest BCUT2D eigenvalue weighted by molar-refractivity contribution is -0.0266. The molecule has 0 spiro atoms. The summed E-state index contributed by atoms with van der Waals surface area (Å²) in [4.78, 5) is 12.0. The fourth-order valence-electron chi connectivity index (χ4n) is 2.44. The van der Waals surface area contributed by atoms with Gasteiger partial charge in [0, 0.05) is 10.6 Å². The summed E-state index contributed by atoms with van der Waals surface area (Å²) < 4.78 is 26.3. The van der Waals surface area contributed by atoms with E-state index in [1.165, 1.54) is 12.1 Å². The summed E-state index contributed by atoms with van der Waals surface area (Å²) in [5.74, 6) is -1.36. The monoisotopic (exact) mass is 360 g/mol. The minimum atomic E-state index is -1.50. The molecular weight excluding hydrogens is 335 g/mol. The molecule has 1 unspecified atom stereocenters. The van der Waals surface area contributed by atoms with Gasteiger partial charge in [-0.3, -0.25) is 0 Å². The largest absolute Gasteiger partial charge is 0.462 e. The van der Waals surface area contributed by atoms with Gasteiger partial charge in [0.2, 0.25) is 0 Å². The fraction of sp³-hybridized carbons (Fsp3) is 0.588. The van der Waals surface area contributed by atoms with Crippen molar-refractivity contribution in [1.29, 1.82) is 0 Å². The van der Waals surface area contributed by atoms with E-state index in [4.69, 9.17) is 20.8 Å². The number of hydrogen-bond acceptors (Lipinski definition) is 3. The molecule has 130 valence electrons. The van der Waals surface area contributed by atoms with Gasteiger partial charge in [-0.15, -0.1) is 0 Å². The van der Waals surface area contributed by atoms with Crippen molar-refractivity contribution in [2.75, 3.05) is 6.61 Å². The maximum absolute atomic E-state index is 15.1. The Hall–Kier alpha value is -0.913. The van der Waals surface area contributed by atoms with Crippen LogP contribution in [-0.2, 0) is 14.8 Å². The van der Waals surface area contributed by atoms with Gasteiger partial charge in [0.05, 0.1) is 17.8 Å². The van der Waals surface area contributed by atoms with E-state index in [9.17, 15) is 4.79 Å². The highest BCUT2D eigenvalue weighted by Gasteiger charge is 2.44. The summed E-state index contributed by atoms with van der Waals surface area (Å²) in [6.45, 7) is 13.6. The highest BCUT2D eigenvalue weighted by molar-refractivity contribution is 6.48. The van der Waals surface area contributed by atoms with Crippen molar-refractivity contribution in [3.05, 3.63) is 34.1 Å². The first-order valence-corrected chi connectivity index (χ1v) is 10.9. The zero-order valence-electron chi connectivity index (χ0n) is 14.9. The molecule has 23 heavy (non-hydrogen) atoms. The Morgan fingerprint density at radius 3 is 2.26 bits per heavy atom. The first kappa shape index (κ1) is 20.1. The van der Waals surface area contributed by atoms with Crippen LogP contribution in [0.5, 0.6) is 0 Å². The van der Waals surface area contributed by atoms with E-state index in [1.807, 2.05) is 40.8 Å². The maximum Gasteiger partial charge on any atom is 0.341 e. The standard InChI is InChI=1S/C17H26ClFO3Si/c1-8-21-15(20)11-9-10-12(18)13(14(11)19)17(5,16(2,3)4)22-23(6)7/h9-10,23H,8H2,1-7H3. The highest BCUT2D eigenvalue weighted by Crippen LogP contribution is 2.47. The first-order chi connectivity index (χ1) is 10.5. The predicted octanol–water partition coefficient (Wildman–Crippen LogP) is 4.92. The Morgan fingerprint density at radius 2 is 1.83 bits per heavy atom. The van der Waals surface area contributed by atoms with E-state index < -0.39 is 31.8 Å². The maximum atomic E-state index is 15.1. The number of halogens is 2. The molecule has 1 aromatic rings. The van der Waals surface area contributed by atoms with Crippen molar-refractivity contribution in [3.8, 4) is 0 Å². The molecule has 0 aliphatic carbocycles. The quantitative estimate of drug-likeness (QED) is 0.552. The molecule has 0 N–H and O–H groups in total. The van der Waals surface area contributed by atoms with Crippen LogP contribution in [0.15, 0.2) is 12.1 Å². The second kappa shape index (κ2) is 7.32. The fourth-order valence-corrected chi connectivity index (χ4v) is 4.18. The van der Waals surface area contributed by atoms with Crippen LogP contribution < -0.4 is 0 Å². The molecule has 3 nitrogen and oxygen atoms in total. The SMILES string of the molecule is CCOC(=O)c1ccc(Cl)c(C(C)(O[SiH](C)C)C(C)(C)C)c1F. The Bertz CT molecular complexity index is 584. The van der Waals surface area contributed by atoms with Gasteiger partial charge in [-0.1, -0.05) is 32.4 Å². The van der Waals surface area contributed by atoms with Gasteiger partial charge < -0.3 is 9.16 Å². The van der Waals surface area contributed by atoms with Gasteiger partial charge in [-0.25, -0.2) is 9.18 Å².